The van der Waals surface area contributed by atoms with E-state index in [-0.39, 0.29) is 22.0 Å². The Hall–Kier alpha value is -4.38. The molecule has 1 aliphatic rings. The van der Waals surface area contributed by atoms with Crippen molar-refractivity contribution in [2.45, 2.75) is 49.3 Å². The van der Waals surface area contributed by atoms with Crippen LogP contribution in [0.25, 0.3) is 10.8 Å². The molecule has 0 unspecified atom stereocenters. The average molecular weight is 563 g/mol. The van der Waals surface area contributed by atoms with E-state index in [9.17, 15) is 18.3 Å². The fourth-order valence-corrected chi connectivity index (χ4v) is 6.20. The number of carbonyl (C=O) groups is 1. The normalized spacial score (nSPS) is 13.6. The minimum atomic E-state index is -3.43. The number of carboxylic acid groups (broad SMARTS) is 1. The Kier molecular flexibility index (Phi) is 7.01. The molecule has 208 valence electrons. The van der Waals surface area contributed by atoms with Crippen molar-refractivity contribution in [1.82, 2.24) is 9.97 Å². The number of amides is 1. The lowest BCUT2D eigenvalue weighted by molar-refractivity contribution is 0.195. The van der Waals surface area contributed by atoms with Crippen LogP contribution in [0.15, 0.2) is 71.8 Å². The first-order chi connectivity index (χ1) is 19.0. The van der Waals surface area contributed by atoms with Gasteiger partial charge in [-0.1, -0.05) is 24.3 Å². The number of anilines is 3. The van der Waals surface area contributed by atoms with Gasteiger partial charge >= 0.3 is 6.09 Å². The number of hydrogen-bond donors (Lipinski definition) is 2. The zero-order chi connectivity index (χ0) is 28.7. The van der Waals surface area contributed by atoms with Gasteiger partial charge in [-0.15, -0.1) is 0 Å². The molecular weight excluding hydrogens is 532 g/mol. The molecule has 4 aromatic rings. The van der Waals surface area contributed by atoms with E-state index in [1.807, 2.05) is 45.0 Å². The first kappa shape index (κ1) is 27.2. The molecule has 0 bridgehead atoms. The molecule has 1 aliphatic carbocycles. The zero-order valence-electron chi connectivity index (χ0n) is 22.6. The molecule has 1 fully saturated rings. The largest absolute Gasteiger partial charge is 0.497 e. The second-order valence-electron chi connectivity index (χ2n) is 10.5. The van der Waals surface area contributed by atoms with E-state index in [1.165, 1.54) is 24.3 Å². The van der Waals surface area contributed by atoms with Gasteiger partial charge in [-0.05, 0) is 57.9 Å². The number of nitrogens with zero attached hydrogens (tertiary/aromatic N) is 3. The Bertz CT molecular complexity index is 1700. The minimum absolute atomic E-state index is 0.182. The van der Waals surface area contributed by atoms with Crippen molar-refractivity contribution in [2.24, 2.45) is 0 Å². The van der Waals surface area contributed by atoms with Gasteiger partial charge in [-0.2, -0.15) is 4.98 Å². The van der Waals surface area contributed by atoms with E-state index >= 15 is 0 Å². The third-order valence-corrected chi connectivity index (χ3v) is 8.71. The highest BCUT2D eigenvalue weighted by molar-refractivity contribution is 7.92. The molecule has 5 rings (SSSR count). The summed E-state index contributed by atoms with van der Waals surface area (Å²) in [5, 5.41) is 14.1. The number of benzene rings is 3. The SMILES string of the molecule is COc1cc(Nc2nccc(Oc3ccc(N(C(=O)O)C(C)(C)C)c4ccccc34)n2)cc(S(=O)(=O)C2CC2)c1. The molecule has 0 saturated heterocycles. The van der Waals surface area contributed by atoms with Gasteiger partial charge in [0.2, 0.25) is 11.8 Å². The van der Waals surface area contributed by atoms with E-state index in [0.717, 1.165) is 0 Å². The third kappa shape index (κ3) is 5.50. The molecule has 1 amide bonds. The number of sulfone groups is 1. The van der Waals surface area contributed by atoms with E-state index in [2.05, 4.69) is 15.3 Å². The third-order valence-electron chi connectivity index (χ3n) is 6.47. The van der Waals surface area contributed by atoms with Crippen LogP contribution in [0.2, 0.25) is 0 Å². The first-order valence-corrected chi connectivity index (χ1v) is 14.3. The summed E-state index contributed by atoms with van der Waals surface area (Å²) in [5.41, 5.74) is 0.340. The van der Waals surface area contributed by atoms with Crippen LogP contribution in [-0.4, -0.2) is 47.5 Å². The molecule has 0 spiro atoms. The van der Waals surface area contributed by atoms with E-state index in [1.54, 1.807) is 30.3 Å². The van der Waals surface area contributed by atoms with Crippen LogP contribution in [-0.2, 0) is 9.84 Å². The molecule has 11 heteroatoms. The minimum Gasteiger partial charge on any atom is -0.497 e. The molecule has 40 heavy (non-hydrogen) atoms. The molecule has 0 atom stereocenters. The molecule has 1 aromatic heterocycles. The number of hydrogen-bond acceptors (Lipinski definition) is 8. The maximum absolute atomic E-state index is 12.8. The first-order valence-electron chi connectivity index (χ1n) is 12.7. The summed E-state index contributed by atoms with van der Waals surface area (Å²) in [5.74, 6) is 1.33. The number of fused-ring (bicyclic) bond motifs is 1. The van der Waals surface area contributed by atoms with Gasteiger partial charge in [0.05, 0.1) is 22.9 Å². The van der Waals surface area contributed by atoms with Crippen LogP contribution in [0, 0.1) is 0 Å². The highest BCUT2D eigenvalue weighted by Gasteiger charge is 2.37. The highest BCUT2D eigenvalue weighted by atomic mass is 32.2. The number of rotatable bonds is 8. The van der Waals surface area contributed by atoms with Gasteiger partial charge in [-0.25, -0.2) is 18.2 Å². The lowest BCUT2D eigenvalue weighted by Crippen LogP contribution is -2.45. The van der Waals surface area contributed by atoms with Crippen LogP contribution in [0.4, 0.5) is 22.1 Å². The van der Waals surface area contributed by atoms with Gasteiger partial charge in [-0.3, -0.25) is 4.90 Å². The van der Waals surface area contributed by atoms with Crippen LogP contribution >= 0.6 is 0 Å². The highest BCUT2D eigenvalue weighted by Crippen LogP contribution is 2.39. The van der Waals surface area contributed by atoms with Gasteiger partial charge in [0, 0.05) is 40.3 Å². The van der Waals surface area contributed by atoms with Gasteiger partial charge in [0.1, 0.15) is 11.5 Å². The Morgan fingerprint density at radius 2 is 1.77 bits per heavy atom. The molecule has 0 radical (unpaired) electrons. The van der Waals surface area contributed by atoms with Crippen molar-refractivity contribution < 1.29 is 27.8 Å². The van der Waals surface area contributed by atoms with Crippen molar-refractivity contribution >= 4 is 44.0 Å². The number of methoxy groups -OCH3 is 1. The molecule has 0 aliphatic heterocycles. The van der Waals surface area contributed by atoms with Crippen molar-refractivity contribution in [3.63, 3.8) is 0 Å². The Morgan fingerprint density at radius 3 is 2.42 bits per heavy atom. The second kappa shape index (κ2) is 10.3. The van der Waals surface area contributed by atoms with Gasteiger partial charge in [0.15, 0.2) is 9.84 Å². The number of nitrogens with one attached hydrogen (secondary N) is 1. The maximum atomic E-state index is 12.8. The fourth-order valence-electron chi connectivity index (χ4n) is 4.49. The molecule has 1 saturated carbocycles. The van der Waals surface area contributed by atoms with Crippen molar-refractivity contribution in [1.29, 1.82) is 0 Å². The standard InChI is InChI=1S/C29H30N4O6S/c1-29(2,3)33(28(34)35)24-11-12-25(23-8-6-5-7-22(23)24)39-26-13-14-30-27(32-26)31-18-15-19(38-4)17-21(16-18)40(36,37)20-9-10-20/h5-8,11-17,20H,9-10H2,1-4H3,(H,34,35)(H,30,31,32). The summed E-state index contributed by atoms with van der Waals surface area (Å²) in [6, 6.07) is 17.2. The van der Waals surface area contributed by atoms with E-state index < -0.39 is 21.5 Å². The zero-order valence-corrected chi connectivity index (χ0v) is 23.4. The molecular formula is C29H30N4O6S. The Morgan fingerprint density at radius 1 is 1.05 bits per heavy atom. The summed E-state index contributed by atoms with van der Waals surface area (Å²) in [7, 11) is -1.96. The fraction of sp³-hybridized carbons (Fsp3) is 0.276. The molecule has 2 N–H and O–H groups in total. The quantitative estimate of drug-likeness (QED) is 0.251. The molecule has 3 aromatic carbocycles. The summed E-state index contributed by atoms with van der Waals surface area (Å²) < 4.78 is 37.1. The predicted molar refractivity (Wildman–Crippen MR) is 153 cm³/mol. The van der Waals surface area contributed by atoms with E-state index in [0.29, 0.717) is 46.5 Å². The topological polar surface area (TPSA) is 131 Å². The molecule has 10 nitrogen and oxygen atoms in total. The molecule has 1 heterocycles. The van der Waals surface area contributed by atoms with Crippen LogP contribution in [0.5, 0.6) is 17.4 Å². The number of ether oxygens (including phenoxy) is 2. The lowest BCUT2D eigenvalue weighted by atomic mass is 10.0. The van der Waals surface area contributed by atoms with Gasteiger partial charge < -0.3 is 19.9 Å². The second-order valence-corrected chi connectivity index (χ2v) is 12.7. The van der Waals surface area contributed by atoms with E-state index in [4.69, 9.17) is 9.47 Å². The van der Waals surface area contributed by atoms with Crippen molar-refractivity contribution in [3.8, 4) is 17.4 Å². The summed E-state index contributed by atoms with van der Waals surface area (Å²) in [6.07, 6.45) is 1.79. The predicted octanol–water partition coefficient (Wildman–Crippen LogP) is 6.39. The summed E-state index contributed by atoms with van der Waals surface area (Å²) in [6.45, 7) is 5.51. The van der Waals surface area contributed by atoms with Crippen LogP contribution in [0.3, 0.4) is 0 Å². The lowest BCUT2D eigenvalue weighted by Gasteiger charge is -2.34. The Labute approximate surface area is 232 Å². The maximum Gasteiger partial charge on any atom is 0.412 e. The summed E-state index contributed by atoms with van der Waals surface area (Å²) >= 11 is 0. The number of aromatic nitrogens is 2. The van der Waals surface area contributed by atoms with Gasteiger partial charge in [0.25, 0.3) is 0 Å². The van der Waals surface area contributed by atoms with Crippen LogP contribution < -0.4 is 19.7 Å². The van der Waals surface area contributed by atoms with Crippen molar-refractivity contribution in [2.75, 3.05) is 17.3 Å². The Balaban J connectivity index is 1.45. The van der Waals surface area contributed by atoms with Crippen molar-refractivity contribution in [3.05, 3.63) is 66.9 Å². The smallest absolute Gasteiger partial charge is 0.412 e. The van der Waals surface area contributed by atoms with Crippen LogP contribution in [0.1, 0.15) is 33.6 Å². The average Bonchev–Trinajstić information content (AvgIpc) is 3.75. The summed E-state index contributed by atoms with van der Waals surface area (Å²) in [4.78, 5) is 22.4. The monoisotopic (exact) mass is 562 g/mol.